The molecule has 9 nitrogen and oxygen atoms in total. The maximum absolute atomic E-state index is 5.74. The second-order valence-electron chi connectivity index (χ2n) is 11.4. The van der Waals surface area contributed by atoms with Crippen LogP contribution in [0, 0.1) is 5.92 Å². The van der Waals surface area contributed by atoms with E-state index >= 15 is 0 Å². The molecule has 1 aromatic carbocycles. The number of aromatic nitrogens is 3. The van der Waals surface area contributed by atoms with Crippen LogP contribution in [-0.2, 0) is 16.0 Å². The molecule has 2 unspecified atom stereocenters. The molecule has 2 aliphatic heterocycles. The number of nitrogens with zero attached hydrogens (tertiary/aromatic N) is 5. The molecule has 1 saturated carbocycles. The number of anilines is 2. The van der Waals surface area contributed by atoms with Crippen LogP contribution in [0.15, 0.2) is 30.3 Å². The molecule has 3 atom stereocenters. The topological polar surface area (TPSA) is 84.9 Å². The van der Waals surface area contributed by atoms with E-state index in [4.69, 9.17) is 29.2 Å². The van der Waals surface area contributed by atoms with Crippen molar-refractivity contribution in [2.75, 3.05) is 63.0 Å². The zero-order valence-electron chi connectivity index (χ0n) is 24.1. The smallest absolute Gasteiger partial charge is 0.229 e. The number of fused-ring (bicyclic) bond motifs is 1. The van der Waals surface area contributed by atoms with Crippen molar-refractivity contribution in [3.05, 3.63) is 35.9 Å². The van der Waals surface area contributed by atoms with E-state index in [9.17, 15) is 0 Å². The van der Waals surface area contributed by atoms with Gasteiger partial charge in [0.15, 0.2) is 5.65 Å². The predicted octanol–water partition coefficient (Wildman–Crippen LogP) is 4.43. The summed E-state index contributed by atoms with van der Waals surface area (Å²) in [6.45, 7) is 10.4. The lowest BCUT2D eigenvalue weighted by molar-refractivity contribution is 0.0981. The van der Waals surface area contributed by atoms with Gasteiger partial charge in [0.25, 0.3) is 0 Å². The SMILES string of the molecule is COc1ccc(-c2ccc3c(N4CCOCC4)nc(N4CCOC[C@@H]4C)nc3n2)cc1CNC1CCCCC1C. The minimum absolute atomic E-state index is 0.204. The van der Waals surface area contributed by atoms with E-state index in [2.05, 4.69) is 59.3 Å². The molecule has 214 valence electrons. The molecule has 0 radical (unpaired) electrons. The molecule has 1 N–H and O–H groups in total. The van der Waals surface area contributed by atoms with Gasteiger partial charge in [0.2, 0.25) is 5.95 Å². The Bertz CT molecular complexity index is 1310. The summed E-state index contributed by atoms with van der Waals surface area (Å²) in [6, 6.07) is 11.3. The fraction of sp³-hybridized carbons (Fsp3) is 0.581. The Balaban J connectivity index is 1.35. The highest BCUT2D eigenvalue weighted by molar-refractivity contribution is 5.90. The fourth-order valence-corrected chi connectivity index (χ4v) is 6.25. The Morgan fingerprint density at radius 3 is 2.58 bits per heavy atom. The highest BCUT2D eigenvalue weighted by atomic mass is 16.5. The van der Waals surface area contributed by atoms with Crippen LogP contribution in [0.2, 0.25) is 0 Å². The molecule has 4 heterocycles. The first-order valence-electron chi connectivity index (χ1n) is 14.9. The highest BCUT2D eigenvalue weighted by Gasteiger charge is 2.26. The molecular weight excluding hydrogens is 504 g/mol. The number of rotatable bonds is 7. The minimum Gasteiger partial charge on any atom is -0.496 e. The molecule has 3 fully saturated rings. The minimum atomic E-state index is 0.204. The number of hydrogen-bond donors (Lipinski definition) is 1. The van der Waals surface area contributed by atoms with Crippen LogP contribution < -0.4 is 19.9 Å². The molecule has 9 heteroatoms. The van der Waals surface area contributed by atoms with Crippen LogP contribution in [0.5, 0.6) is 5.75 Å². The van der Waals surface area contributed by atoms with E-state index in [1.807, 2.05) is 0 Å². The van der Waals surface area contributed by atoms with Gasteiger partial charge in [0.1, 0.15) is 11.6 Å². The summed E-state index contributed by atoms with van der Waals surface area (Å²) in [5.74, 6) is 3.26. The second-order valence-corrected chi connectivity index (χ2v) is 11.4. The van der Waals surface area contributed by atoms with E-state index in [0.29, 0.717) is 44.0 Å². The molecule has 1 aliphatic carbocycles. The van der Waals surface area contributed by atoms with Crippen LogP contribution in [-0.4, -0.2) is 80.2 Å². The Morgan fingerprint density at radius 2 is 1.77 bits per heavy atom. The summed E-state index contributed by atoms with van der Waals surface area (Å²) in [5, 5.41) is 4.78. The van der Waals surface area contributed by atoms with Gasteiger partial charge in [-0.2, -0.15) is 9.97 Å². The van der Waals surface area contributed by atoms with E-state index in [1.165, 1.54) is 25.7 Å². The molecule has 0 bridgehead atoms. The second kappa shape index (κ2) is 12.2. The predicted molar refractivity (Wildman–Crippen MR) is 158 cm³/mol. The molecule has 6 rings (SSSR count). The standard InChI is InChI=1S/C31H42N6O3/c1-21-6-4-5-7-26(21)32-19-24-18-23(8-11-28(24)38-3)27-10-9-25-29(33-27)34-31(37-14-17-40-20-22(37)2)35-30(25)36-12-15-39-16-13-36/h8-11,18,21-22,26,32H,4-7,12-17,19-20H2,1-3H3/t21?,22-,26?/m0/s1. The summed E-state index contributed by atoms with van der Waals surface area (Å²) < 4.78 is 17.0. The summed E-state index contributed by atoms with van der Waals surface area (Å²) in [4.78, 5) is 19.7. The number of nitrogens with one attached hydrogen (secondary N) is 1. The van der Waals surface area contributed by atoms with Gasteiger partial charge in [-0.15, -0.1) is 0 Å². The quantitative estimate of drug-likeness (QED) is 0.463. The lowest BCUT2D eigenvalue weighted by atomic mass is 9.86. The maximum atomic E-state index is 5.74. The lowest BCUT2D eigenvalue weighted by Crippen LogP contribution is -2.45. The molecular formula is C31H42N6O3. The van der Waals surface area contributed by atoms with Crippen LogP contribution in [0.3, 0.4) is 0 Å². The van der Waals surface area contributed by atoms with Crippen molar-refractivity contribution < 1.29 is 14.2 Å². The highest BCUT2D eigenvalue weighted by Crippen LogP contribution is 2.32. The van der Waals surface area contributed by atoms with Gasteiger partial charge in [-0.05, 0) is 56.0 Å². The average molecular weight is 547 g/mol. The average Bonchev–Trinajstić information content (AvgIpc) is 3.00. The molecule has 0 amide bonds. The molecule has 2 aromatic heterocycles. The summed E-state index contributed by atoms with van der Waals surface area (Å²) in [7, 11) is 1.74. The fourth-order valence-electron chi connectivity index (χ4n) is 6.25. The maximum Gasteiger partial charge on any atom is 0.229 e. The van der Waals surface area contributed by atoms with E-state index in [-0.39, 0.29) is 6.04 Å². The van der Waals surface area contributed by atoms with Crippen LogP contribution in [0.4, 0.5) is 11.8 Å². The van der Waals surface area contributed by atoms with Gasteiger partial charge in [0, 0.05) is 43.3 Å². The first-order valence-corrected chi connectivity index (χ1v) is 14.9. The molecule has 40 heavy (non-hydrogen) atoms. The third kappa shape index (κ3) is 5.73. The van der Waals surface area contributed by atoms with E-state index in [1.54, 1.807) is 7.11 Å². The number of ether oxygens (including phenoxy) is 3. The van der Waals surface area contributed by atoms with Crippen molar-refractivity contribution in [1.29, 1.82) is 0 Å². The van der Waals surface area contributed by atoms with Crippen LogP contribution in [0.1, 0.15) is 45.1 Å². The van der Waals surface area contributed by atoms with Gasteiger partial charge in [0.05, 0.1) is 50.7 Å². The van der Waals surface area contributed by atoms with Gasteiger partial charge in [-0.25, -0.2) is 4.98 Å². The molecule has 3 aliphatic rings. The van der Waals surface area contributed by atoms with Crippen molar-refractivity contribution in [2.24, 2.45) is 5.92 Å². The van der Waals surface area contributed by atoms with Gasteiger partial charge >= 0.3 is 0 Å². The zero-order valence-corrected chi connectivity index (χ0v) is 24.1. The first-order chi connectivity index (χ1) is 19.6. The largest absolute Gasteiger partial charge is 0.496 e. The lowest BCUT2D eigenvalue weighted by Gasteiger charge is -2.34. The van der Waals surface area contributed by atoms with E-state index < -0.39 is 0 Å². The van der Waals surface area contributed by atoms with Crippen LogP contribution in [0.25, 0.3) is 22.3 Å². The van der Waals surface area contributed by atoms with Gasteiger partial charge in [-0.1, -0.05) is 19.8 Å². The molecule has 3 aromatic rings. The first kappa shape index (κ1) is 27.2. The normalized spacial score (nSPS) is 23.9. The van der Waals surface area contributed by atoms with Crippen molar-refractivity contribution in [3.8, 4) is 17.0 Å². The third-order valence-corrected chi connectivity index (χ3v) is 8.71. The van der Waals surface area contributed by atoms with E-state index in [0.717, 1.165) is 65.9 Å². The monoisotopic (exact) mass is 546 g/mol. The van der Waals surface area contributed by atoms with Gasteiger partial charge in [-0.3, -0.25) is 0 Å². The Hall–Kier alpha value is -3.01. The molecule has 0 spiro atoms. The summed E-state index contributed by atoms with van der Waals surface area (Å²) in [6.07, 6.45) is 5.19. The van der Waals surface area contributed by atoms with Crippen LogP contribution >= 0.6 is 0 Å². The summed E-state index contributed by atoms with van der Waals surface area (Å²) >= 11 is 0. The number of hydrogen-bond acceptors (Lipinski definition) is 9. The number of benzene rings is 1. The summed E-state index contributed by atoms with van der Waals surface area (Å²) in [5.41, 5.74) is 3.83. The number of pyridine rings is 1. The van der Waals surface area contributed by atoms with Crippen molar-refractivity contribution >= 4 is 22.8 Å². The van der Waals surface area contributed by atoms with Gasteiger partial charge < -0.3 is 29.3 Å². The number of methoxy groups -OCH3 is 1. The zero-order chi connectivity index (χ0) is 27.5. The van der Waals surface area contributed by atoms with Crippen molar-refractivity contribution in [2.45, 2.75) is 58.2 Å². The third-order valence-electron chi connectivity index (χ3n) is 8.71. The van der Waals surface area contributed by atoms with Crippen molar-refractivity contribution in [1.82, 2.24) is 20.3 Å². The molecule has 2 saturated heterocycles. The Kier molecular flexibility index (Phi) is 8.32. The Morgan fingerprint density at radius 1 is 0.950 bits per heavy atom. The van der Waals surface area contributed by atoms with Crippen molar-refractivity contribution in [3.63, 3.8) is 0 Å². The Labute approximate surface area is 237 Å². The number of morpholine rings is 2.